The number of benzene rings is 2. The van der Waals surface area contributed by atoms with E-state index in [0.717, 1.165) is 22.6 Å². The van der Waals surface area contributed by atoms with Gasteiger partial charge in [0.25, 0.3) is 0 Å². The van der Waals surface area contributed by atoms with Crippen LogP contribution in [0.25, 0.3) is 11.8 Å². The Labute approximate surface area is 101 Å². The molecular weight excluding hydrogens is 210 g/mol. The van der Waals surface area contributed by atoms with E-state index in [9.17, 15) is 0 Å². The molecule has 2 aromatic carbocycles. The highest BCUT2D eigenvalue weighted by molar-refractivity contribution is 5.79. The third-order valence-electron chi connectivity index (χ3n) is 2.55. The van der Waals surface area contributed by atoms with Crippen LogP contribution in [-0.4, -0.2) is 7.11 Å². The molecule has 2 N–H and O–H groups in total. The summed E-state index contributed by atoms with van der Waals surface area (Å²) in [5.74, 6) is 0.848. The van der Waals surface area contributed by atoms with Gasteiger partial charge in [-0.3, -0.25) is 0 Å². The molecule has 0 saturated carbocycles. The summed E-state index contributed by atoms with van der Waals surface area (Å²) in [5, 5.41) is 0. The lowest BCUT2D eigenvalue weighted by molar-refractivity contribution is 0.415. The number of hydrogen-bond donors (Lipinski definition) is 1. The van der Waals surface area contributed by atoms with Crippen LogP contribution in [0.2, 0.25) is 0 Å². The molecule has 0 aliphatic carbocycles. The van der Waals surface area contributed by atoms with E-state index in [2.05, 4.69) is 0 Å². The maximum Gasteiger partial charge on any atom is 0.118 e. The SMILES string of the molecule is COc1ccc(C=C(N)c2ccccc2)cc1. The molecular formula is C15H15NO. The Balaban J connectivity index is 2.23. The zero-order chi connectivity index (χ0) is 12.1. The van der Waals surface area contributed by atoms with Crippen LogP contribution in [0.1, 0.15) is 11.1 Å². The molecule has 86 valence electrons. The highest BCUT2D eigenvalue weighted by atomic mass is 16.5. The lowest BCUT2D eigenvalue weighted by Crippen LogP contribution is -1.95. The van der Waals surface area contributed by atoms with Crippen LogP contribution < -0.4 is 10.5 Å². The van der Waals surface area contributed by atoms with Crippen molar-refractivity contribution in [1.82, 2.24) is 0 Å². The average molecular weight is 225 g/mol. The normalized spacial score (nSPS) is 11.2. The van der Waals surface area contributed by atoms with Crippen molar-refractivity contribution in [1.29, 1.82) is 0 Å². The van der Waals surface area contributed by atoms with Crippen molar-refractivity contribution >= 4 is 11.8 Å². The molecule has 2 aromatic rings. The quantitative estimate of drug-likeness (QED) is 0.814. The highest BCUT2D eigenvalue weighted by Crippen LogP contribution is 2.16. The van der Waals surface area contributed by atoms with Crippen molar-refractivity contribution in [2.45, 2.75) is 0 Å². The van der Waals surface area contributed by atoms with Crippen LogP contribution in [0.5, 0.6) is 5.75 Å². The monoisotopic (exact) mass is 225 g/mol. The largest absolute Gasteiger partial charge is 0.497 e. The third-order valence-corrected chi connectivity index (χ3v) is 2.55. The Morgan fingerprint density at radius 2 is 1.65 bits per heavy atom. The fourth-order valence-corrected chi connectivity index (χ4v) is 1.59. The fraction of sp³-hybridized carbons (Fsp3) is 0.0667. The number of methoxy groups -OCH3 is 1. The molecule has 0 unspecified atom stereocenters. The number of nitrogens with two attached hydrogens (primary N) is 1. The first-order chi connectivity index (χ1) is 8.29. The summed E-state index contributed by atoms with van der Waals surface area (Å²) in [5.41, 5.74) is 8.88. The van der Waals surface area contributed by atoms with Gasteiger partial charge >= 0.3 is 0 Å². The van der Waals surface area contributed by atoms with E-state index in [-0.39, 0.29) is 0 Å². The average Bonchev–Trinajstić information content (AvgIpc) is 2.40. The summed E-state index contributed by atoms with van der Waals surface area (Å²) in [6.07, 6.45) is 1.95. The van der Waals surface area contributed by atoms with E-state index in [0.29, 0.717) is 0 Å². The molecule has 0 bridgehead atoms. The molecule has 0 aromatic heterocycles. The van der Waals surface area contributed by atoms with Gasteiger partial charge in [0.1, 0.15) is 5.75 Å². The van der Waals surface area contributed by atoms with Crippen LogP contribution >= 0.6 is 0 Å². The predicted octanol–water partition coefficient (Wildman–Crippen LogP) is 3.15. The summed E-state index contributed by atoms with van der Waals surface area (Å²) in [6, 6.07) is 17.7. The maximum absolute atomic E-state index is 6.03. The third kappa shape index (κ3) is 2.88. The lowest BCUT2D eigenvalue weighted by atomic mass is 10.1. The molecule has 2 nitrogen and oxygen atoms in total. The molecule has 0 spiro atoms. The summed E-state index contributed by atoms with van der Waals surface area (Å²) < 4.78 is 5.11. The van der Waals surface area contributed by atoms with Gasteiger partial charge in [-0.25, -0.2) is 0 Å². The summed E-state index contributed by atoms with van der Waals surface area (Å²) >= 11 is 0. The molecule has 2 rings (SSSR count). The first kappa shape index (κ1) is 11.3. The minimum Gasteiger partial charge on any atom is -0.497 e. The second kappa shape index (κ2) is 5.21. The Morgan fingerprint density at radius 1 is 1.00 bits per heavy atom. The lowest BCUT2D eigenvalue weighted by Gasteiger charge is -2.03. The second-order valence-electron chi connectivity index (χ2n) is 3.74. The van der Waals surface area contributed by atoms with Gasteiger partial charge in [-0.15, -0.1) is 0 Å². The molecule has 17 heavy (non-hydrogen) atoms. The van der Waals surface area contributed by atoms with Crippen LogP contribution in [-0.2, 0) is 0 Å². The Morgan fingerprint density at radius 3 is 2.24 bits per heavy atom. The van der Waals surface area contributed by atoms with Gasteiger partial charge < -0.3 is 10.5 Å². The molecule has 0 fully saturated rings. The van der Waals surface area contributed by atoms with Crippen molar-refractivity contribution in [2.24, 2.45) is 5.73 Å². The molecule has 0 aliphatic heterocycles. The smallest absolute Gasteiger partial charge is 0.118 e. The first-order valence-corrected chi connectivity index (χ1v) is 5.46. The Kier molecular flexibility index (Phi) is 3.46. The second-order valence-corrected chi connectivity index (χ2v) is 3.74. The van der Waals surface area contributed by atoms with Gasteiger partial charge in [-0.1, -0.05) is 42.5 Å². The van der Waals surface area contributed by atoms with Gasteiger partial charge in [-0.2, -0.15) is 0 Å². The maximum atomic E-state index is 6.03. The summed E-state index contributed by atoms with van der Waals surface area (Å²) in [6.45, 7) is 0. The minimum atomic E-state index is 0.760. The van der Waals surface area contributed by atoms with Crippen molar-refractivity contribution in [3.8, 4) is 5.75 Å². The predicted molar refractivity (Wildman–Crippen MR) is 71.5 cm³/mol. The zero-order valence-corrected chi connectivity index (χ0v) is 9.76. The van der Waals surface area contributed by atoms with E-state index in [4.69, 9.17) is 10.5 Å². The molecule has 2 heteroatoms. The van der Waals surface area contributed by atoms with Crippen LogP contribution in [0.15, 0.2) is 54.6 Å². The van der Waals surface area contributed by atoms with Crippen LogP contribution in [0.4, 0.5) is 0 Å². The van der Waals surface area contributed by atoms with E-state index >= 15 is 0 Å². The zero-order valence-electron chi connectivity index (χ0n) is 9.76. The van der Waals surface area contributed by atoms with Crippen molar-refractivity contribution in [3.63, 3.8) is 0 Å². The van der Waals surface area contributed by atoms with Crippen molar-refractivity contribution < 1.29 is 4.74 Å². The van der Waals surface area contributed by atoms with E-state index in [1.165, 1.54) is 0 Å². The summed E-state index contributed by atoms with van der Waals surface area (Å²) in [4.78, 5) is 0. The highest BCUT2D eigenvalue weighted by Gasteiger charge is 1.96. The first-order valence-electron chi connectivity index (χ1n) is 5.46. The molecule has 0 heterocycles. The van der Waals surface area contributed by atoms with Gasteiger partial charge in [0, 0.05) is 5.70 Å². The van der Waals surface area contributed by atoms with E-state index in [1.54, 1.807) is 7.11 Å². The number of hydrogen-bond acceptors (Lipinski definition) is 2. The van der Waals surface area contributed by atoms with Gasteiger partial charge in [0.15, 0.2) is 0 Å². The van der Waals surface area contributed by atoms with Gasteiger partial charge in [0.05, 0.1) is 7.11 Å². The van der Waals surface area contributed by atoms with Gasteiger partial charge in [-0.05, 0) is 29.3 Å². The fourth-order valence-electron chi connectivity index (χ4n) is 1.59. The van der Waals surface area contributed by atoms with Crippen LogP contribution in [0, 0.1) is 0 Å². The summed E-state index contributed by atoms with van der Waals surface area (Å²) in [7, 11) is 1.66. The molecule has 0 atom stereocenters. The molecule has 0 saturated heterocycles. The Bertz CT molecular complexity index is 500. The van der Waals surface area contributed by atoms with Crippen molar-refractivity contribution in [3.05, 3.63) is 65.7 Å². The molecule has 0 radical (unpaired) electrons. The van der Waals surface area contributed by atoms with Gasteiger partial charge in [0.2, 0.25) is 0 Å². The number of ether oxygens (including phenoxy) is 1. The van der Waals surface area contributed by atoms with Crippen molar-refractivity contribution in [2.75, 3.05) is 7.11 Å². The van der Waals surface area contributed by atoms with E-state index in [1.807, 2.05) is 60.7 Å². The Hall–Kier alpha value is -2.22. The van der Waals surface area contributed by atoms with Crippen LogP contribution in [0.3, 0.4) is 0 Å². The topological polar surface area (TPSA) is 35.2 Å². The molecule has 0 amide bonds. The standard InChI is InChI=1S/C15H15NO/c1-17-14-9-7-12(8-10-14)11-15(16)13-5-3-2-4-6-13/h2-11H,16H2,1H3. The van der Waals surface area contributed by atoms with E-state index < -0.39 is 0 Å². The number of rotatable bonds is 3. The molecule has 0 aliphatic rings. The minimum absolute atomic E-state index is 0.760.